The number of hydrogen-bond acceptors (Lipinski definition) is 4. The van der Waals surface area contributed by atoms with Crippen molar-refractivity contribution in [2.45, 2.75) is 69.2 Å². The van der Waals surface area contributed by atoms with Crippen LogP contribution in [0.1, 0.15) is 100 Å². The minimum atomic E-state index is -1.23. The van der Waals surface area contributed by atoms with Crippen LogP contribution < -0.4 is 21.3 Å². The molecule has 0 saturated heterocycles. The number of hydrogen-bond donors (Lipinski definition) is 4. The third-order valence-corrected chi connectivity index (χ3v) is 12.6. The standard InChI is InChI=1S/C44H39Cl2FN4O4/c45-28-16-19-34-36(23-28)51-42(55)44(34)37(31-12-8-13-35(46)38(31)47)32(24-43(44)20-4-2-5-21-43)41(54)50-29-17-14-27(15-18-29)39(52)48-22-6-1-3-9-26-10-7-11-30-33(26)25-49-40(30)53/h7-8,10-19,23,32,37H,1-2,4-6,20-22,24-25H2,(H,48,52)(H,49,53)(H,50,54)(H,51,55)/t32-,37?,44-/m1/s1. The van der Waals surface area contributed by atoms with Gasteiger partial charge in [-0.25, -0.2) is 4.39 Å². The molecule has 1 unspecified atom stereocenters. The van der Waals surface area contributed by atoms with Crippen molar-refractivity contribution in [3.63, 3.8) is 0 Å². The first kappa shape index (κ1) is 36.8. The van der Waals surface area contributed by atoms with Crippen molar-refractivity contribution < 1.29 is 23.6 Å². The highest BCUT2D eigenvalue weighted by Gasteiger charge is 2.72. The van der Waals surface area contributed by atoms with Crippen molar-refractivity contribution >= 4 is 58.2 Å². The summed E-state index contributed by atoms with van der Waals surface area (Å²) in [5, 5.41) is 12.3. The molecule has 3 atom stereocenters. The van der Waals surface area contributed by atoms with E-state index in [-0.39, 0.29) is 34.2 Å². The van der Waals surface area contributed by atoms with Crippen molar-refractivity contribution in [3.05, 3.63) is 128 Å². The van der Waals surface area contributed by atoms with Crippen LogP contribution in [-0.2, 0) is 21.5 Å². The van der Waals surface area contributed by atoms with E-state index in [1.165, 1.54) is 6.07 Å². The largest absolute Gasteiger partial charge is 0.352 e. The molecule has 8 rings (SSSR count). The van der Waals surface area contributed by atoms with Gasteiger partial charge in [0.15, 0.2) is 0 Å². The first-order chi connectivity index (χ1) is 26.6. The van der Waals surface area contributed by atoms with Gasteiger partial charge in [0.25, 0.3) is 11.8 Å². The second kappa shape index (κ2) is 14.8. The van der Waals surface area contributed by atoms with E-state index in [4.69, 9.17) is 23.2 Å². The molecular formula is C44H39Cl2FN4O4. The van der Waals surface area contributed by atoms with E-state index in [1.54, 1.807) is 54.6 Å². The fraction of sp³-hybridized carbons (Fsp3) is 0.318. The average molecular weight is 778 g/mol. The van der Waals surface area contributed by atoms with Gasteiger partial charge in [-0.3, -0.25) is 19.2 Å². The zero-order valence-corrected chi connectivity index (χ0v) is 31.5. The van der Waals surface area contributed by atoms with Gasteiger partial charge in [-0.15, -0.1) is 0 Å². The van der Waals surface area contributed by atoms with Crippen LogP contribution in [0.5, 0.6) is 0 Å². The summed E-state index contributed by atoms with van der Waals surface area (Å²) in [6.45, 7) is 0.904. The molecule has 2 heterocycles. The Morgan fingerprint density at radius 2 is 1.73 bits per heavy atom. The number of carbonyl (C=O) groups is 4. The number of carbonyl (C=O) groups excluding carboxylic acids is 4. The van der Waals surface area contributed by atoms with Crippen molar-refractivity contribution in [1.29, 1.82) is 0 Å². The van der Waals surface area contributed by atoms with Crippen LogP contribution in [-0.4, -0.2) is 30.2 Å². The highest BCUT2D eigenvalue weighted by atomic mass is 35.5. The van der Waals surface area contributed by atoms with Gasteiger partial charge >= 0.3 is 0 Å². The Morgan fingerprint density at radius 3 is 2.53 bits per heavy atom. The summed E-state index contributed by atoms with van der Waals surface area (Å²) in [6.07, 6.45) is 5.85. The summed E-state index contributed by atoms with van der Waals surface area (Å²) in [5.41, 5.74) is 3.05. The quantitative estimate of drug-likeness (QED) is 0.111. The maximum absolute atomic E-state index is 16.2. The average Bonchev–Trinajstić information content (AvgIpc) is 3.81. The van der Waals surface area contributed by atoms with Crippen LogP contribution in [0.25, 0.3) is 0 Å². The number of amides is 4. The SMILES string of the molecule is O=C(NCCCC#Cc1cccc2c1CNC2=O)c1ccc(NC(=O)[C@@H]2CC3(CCCCC3)[C@@]3(C(=O)Nc4cc(Cl)ccc43)C2c2cccc(Cl)c2F)cc1. The summed E-state index contributed by atoms with van der Waals surface area (Å²) in [6, 6.07) is 22.3. The fourth-order valence-electron chi connectivity index (χ4n) is 9.70. The molecule has 0 bridgehead atoms. The molecule has 11 heteroatoms. The van der Waals surface area contributed by atoms with Crippen LogP contribution >= 0.6 is 23.2 Å². The Labute approximate surface area is 328 Å². The molecule has 55 heavy (non-hydrogen) atoms. The van der Waals surface area contributed by atoms with Crippen LogP contribution in [0.4, 0.5) is 15.8 Å². The van der Waals surface area contributed by atoms with Gasteiger partial charge in [-0.2, -0.15) is 0 Å². The second-order valence-corrected chi connectivity index (χ2v) is 15.8. The maximum atomic E-state index is 16.2. The molecule has 4 N–H and O–H groups in total. The highest BCUT2D eigenvalue weighted by Crippen LogP contribution is 2.71. The third-order valence-electron chi connectivity index (χ3n) is 12.0. The van der Waals surface area contributed by atoms with E-state index in [0.29, 0.717) is 59.9 Å². The summed E-state index contributed by atoms with van der Waals surface area (Å²) in [4.78, 5) is 54.0. The summed E-state index contributed by atoms with van der Waals surface area (Å²) < 4.78 is 16.2. The molecule has 4 aliphatic rings. The molecule has 2 aliphatic carbocycles. The number of benzene rings is 4. The van der Waals surface area contributed by atoms with Crippen molar-refractivity contribution in [2.24, 2.45) is 11.3 Å². The first-order valence-corrected chi connectivity index (χ1v) is 19.5. The lowest BCUT2D eigenvalue weighted by atomic mass is 9.53. The minimum Gasteiger partial charge on any atom is -0.352 e. The number of halogens is 3. The van der Waals surface area contributed by atoms with Gasteiger partial charge in [0.2, 0.25) is 11.8 Å². The van der Waals surface area contributed by atoms with Crippen molar-refractivity contribution in [1.82, 2.24) is 10.6 Å². The molecule has 280 valence electrons. The lowest BCUT2D eigenvalue weighted by Gasteiger charge is -2.47. The van der Waals surface area contributed by atoms with E-state index < -0.39 is 28.5 Å². The summed E-state index contributed by atoms with van der Waals surface area (Å²) >= 11 is 12.8. The Kier molecular flexibility index (Phi) is 9.91. The lowest BCUT2D eigenvalue weighted by molar-refractivity contribution is -0.126. The maximum Gasteiger partial charge on any atom is 0.251 e. The molecule has 2 fully saturated rings. The number of unbranched alkanes of at least 4 members (excludes halogenated alkanes) is 1. The summed E-state index contributed by atoms with van der Waals surface area (Å²) in [5.74, 6) is 3.11. The molecule has 0 radical (unpaired) electrons. The monoisotopic (exact) mass is 776 g/mol. The van der Waals surface area contributed by atoms with E-state index >= 15 is 4.39 Å². The van der Waals surface area contributed by atoms with Crippen LogP contribution in [0.15, 0.2) is 78.9 Å². The van der Waals surface area contributed by atoms with Crippen LogP contribution in [0.3, 0.4) is 0 Å². The number of rotatable bonds is 7. The van der Waals surface area contributed by atoms with E-state index in [2.05, 4.69) is 33.1 Å². The van der Waals surface area contributed by atoms with Crippen molar-refractivity contribution in [3.8, 4) is 11.8 Å². The molecular weight excluding hydrogens is 738 g/mol. The molecule has 4 aromatic rings. The van der Waals surface area contributed by atoms with Gasteiger partial charge in [-0.1, -0.05) is 78.6 Å². The first-order valence-electron chi connectivity index (χ1n) is 18.8. The predicted octanol–water partition coefficient (Wildman–Crippen LogP) is 8.52. The van der Waals surface area contributed by atoms with Crippen LogP contribution in [0, 0.1) is 29.0 Å². The zero-order valence-electron chi connectivity index (χ0n) is 30.0. The topological polar surface area (TPSA) is 116 Å². The van der Waals surface area contributed by atoms with E-state index in [9.17, 15) is 19.2 Å². The highest BCUT2D eigenvalue weighted by molar-refractivity contribution is 6.31. The predicted molar refractivity (Wildman–Crippen MR) is 211 cm³/mol. The Balaban J connectivity index is 0.992. The number of fused-ring (bicyclic) bond motifs is 4. The molecule has 2 saturated carbocycles. The molecule has 0 aromatic heterocycles. The van der Waals surface area contributed by atoms with E-state index in [0.717, 1.165) is 48.8 Å². The van der Waals surface area contributed by atoms with Gasteiger partial charge in [0, 0.05) is 64.4 Å². The van der Waals surface area contributed by atoms with Gasteiger partial charge in [-0.05, 0) is 102 Å². The smallest absolute Gasteiger partial charge is 0.251 e. The van der Waals surface area contributed by atoms with E-state index in [1.807, 2.05) is 18.2 Å². The van der Waals surface area contributed by atoms with Crippen molar-refractivity contribution in [2.75, 3.05) is 17.2 Å². The minimum absolute atomic E-state index is 0.0699. The number of nitrogens with one attached hydrogen (secondary N) is 4. The normalized spacial score (nSPS) is 21.7. The molecule has 4 amide bonds. The van der Waals surface area contributed by atoms with Gasteiger partial charge < -0.3 is 21.3 Å². The molecule has 4 aromatic carbocycles. The van der Waals surface area contributed by atoms with Gasteiger partial charge in [0.1, 0.15) is 5.82 Å². The molecule has 2 aliphatic heterocycles. The Hall–Kier alpha value is -5.17. The molecule has 8 nitrogen and oxygen atoms in total. The Morgan fingerprint density at radius 1 is 0.945 bits per heavy atom. The Bertz CT molecular complexity index is 2300. The van der Waals surface area contributed by atoms with Crippen LogP contribution in [0.2, 0.25) is 10.0 Å². The second-order valence-electron chi connectivity index (χ2n) is 15.0. The lowest BCUT2D eigenvalue weighted by Crippen LogP contribution is -2.51. The fourth-order valence-corrected chi connectivity index (χ4v) is 10.1. The number of anilines is 2. The summed E-state index contributed by atoms with van der Waals surface area (Å²) in [7, 11) is 0. The molecule has 2 spiro atoms. The third kappa shape index (κ3) is 6.35. The zero-order chi connectivity index (χ0) is 38.3. The van der Waals surface area contributed by atoms with Gasteiger partial charge in [0.05, 0.1) is 10.4 Å².